The number of hydrogen-bond donors (Lipinski definition) is 2. The number of nitrogens with zero attached hydrogens (tertiary/aromatic N) is 4. The molecule has 170 valence electrons. The lowest BCUT2D eigenvalue weighted by atomic mass is 10.3. The van der Waals surface area contributed by atoms with Gasteiger partial charge in [-0.05, 0) is 67.2 Å². The topological polar surface area (TPSA) is 82.1 Å². The highest BCUT2D eigenvalue weighted by atomic mass is 32.1. The van der Waals surface area contributed by atoms with Crippen molar-refractivity contribution in [3.63, 3.8) is 0 Å². The third-order valence-electron chi connectivity index (χ3n) is 5.06. The van der Waals surface area contributed by atoms with Crippen LogP contribution in [0, 0.1) is 6.92 Å². The monoisotopic (exact) mass is 438 g/mol. The molecule has 0 amide bonds. The summed E-state index contributed by atoms with van der Waals surface area (Å²) >= 11 is 1.38. The molecule has 1 aliphatic rings. The molecule has 0 bridgehead atoms. The Bertz CT molecular complexity index is 693. The number of likely N-dealkylation sites (N-methyl/N-ethyl adjacent to an activating group) is 1. The number of aromatic nitrogens is 1. The Morgan fingerprint density at radius 2 is 2.10 bits per heavy atom. The molecule has 2 rings (SSSR count). The molecule has 0 radical (unpaired) electrons. The van der Waals surface area contributed by atoms with Gasteiger partial charge in [-0.3, -0.25) is 4.99 Å². The molecule has 30 heavy (non-hydrogen) atoms. The molecule has 1 atom stereocenters. The summed E-state index contributed by atoms with van der Waals surface area (Å²) in [6.45, 7) is 15.4. The van der Waals surface area contributed by atoms with Gasteiger partial charge in [0.15, 0.2) is 5.96 Å². The number of ether oxygens (including phenoxy) is 1. The minimum absolute atomic E-state index is 0.0455. The number of aliphatic imine (C=N–C) groups is 1. The van der Waals surface area contributed by atoms with Gasteiger partial charge in [0.2, 0.25) is 0 Å². The number of esters is 1. The smallest absolute Gasteiger partial charge is 0.350 e. The van der Waals surface area contributed by atoms with E-state index in [0.717, 1.165) is 50.1 Å². The van der Waals surface area contributed by atoms with Crippen molar-refractivity contribution >= 4 is 23.3 Å². The molecular formula is C21H38N6O2S. The summed E-state index contributed by atoms with van der Waals surface area (Å²) in [6, 6.07) is -0.0455. The Morgan fingerprint density at radius 3 is 2.83 bits per heavy atom. The van der Waals surface area contributed by atoms with Crippen LogP contribution in [-0.2, 0) is 4.74 Å². The molecule has 0 aliphatic carbocycles. The van der Waals surface area contributed by atoms with Crippen LogP contribution < -0.4 is 10.6 Å². The van der Waals surface area contributed by atoms with Gasteiger partial charge >= 0.3 is 5.97 Å². The summed E-state index contributed by atoms with van der Waals surface area (Å²) < 4.78 is 5.12. The second-order valence-electron chi connectivity index (χ2n) is 7.67. The normalized spacial score (nSPS) is 17.4. The standard InChI is InChI=1S/C21H38N6O2S/c1-6-22-21(23-10-8-12-27-13-9-11-26(5)14-15-27)25-17(4)19-24-16(3)18(30-19)20(28)29-7-2/h17H,6-15H2,1-5H3,(H2,22,23,25). The number of carbonyl (C=O) groups excluding carboxylic acids is 1. The Labute approximate surface area is 185 Å². The average Bonchev–Trinajstić information content (AvgIpc) is 2.98. The third kappa shape index (κ3) is 7.85. The van der Waals surface area contributed by atoms with Crippen molar-refractivity contribution in [1.82, 2.24) is 25.4 Å². The summed E-state index contributed by atoms with van der Waals surface area (Å²) in [5.74, 6) is 0.484. The van der Waals surface area contributed by atoms with Crippen molar-refractivity contribution < 1.29 is 9.53 Å². The lowest BCUT2D eigenvalue weighted by Gasteiger charge is -2.20. The number of thiazole rings is 1. The van der Waals surface area contributed by atoms with Crippen LogP contribution in [0.2, 0.25) is 0 Å². The number of guanidine groups is 1. The second kappa shape index (κ2) is 12.9. The van der Waals surface area contributed by atoms with Crippen molar-refractivity contribution in [2.45, 2.75) is 46.6 Å². The molecule has 0 aromatic carbocycles. The van der Waals surface area contributed by atoms with Crippen LogP contribution in [0.4, 0.5) is 0 Å². The van der Waals surface area contributed by atoms with Crippen LogP contribution in [0.5, 0.6) is 0 Å². The van der Waals surface area contributed by atoms with Gasteiger partial charge in [-0.25, -0.2) is 9.78 Å². The van der Waals surface area contributed by atoms with E-state index < -0.39 is 0 Å². The van der Waals surface area contributed by atoms with Gasteiger partial charge in [0.25, 0.3) is 0 Å². The number of aryl methyl sites for hydroxylation is 1. The Hall–Kier alpha value is -1.71. The van der Waals surface area contributed by atoms with E-state index in [0.29, 0.717) is 17.2 Å². The van der Waals surface area contributed by atoms with Crippen LogP contribution in [0.3, 0.4) is 0 Å². The molecule has 0 spiro atoms. The van der Waals surface area contributed by atoms with E-state index in [9.17, 15) is 4.79 Å². The minimum Gasteiger partial charge on any atom is -0.462 e. The van der Waals surface area contributed by atoms with E-state index in [1.807, 2.05) is 20.8 Å². The minimum atomic E-state index is -0.300. The Morgan fingerprint density at radius 1 is 1.30 bits per heavy atom. The number of carbonyl (C=O) groups is 1. The first-order chi connectivity index (χ1) is 14.4. The summed E-state index contributed by atoms with van der Waals surface area (Å²) in [5.41, 5.74) is 0.715. The molecule has 9 heteroatoms. The number of rotatable bonds is 9. The molecule has 8 nitrogen and oxygen atoms in total. The first kappa shape index (κ1) is 24.6. The summed E-state index contributed by atoms with van der Waals surface area (Å²) in [4.78, 5) is 26.9. The van der Waals surface area contributed by atoms with Crippen LogP contribution >= 0.6 is 11.3 Å². The van der Waals surface area contributed by atoms with Gasteiger partial charge in [0.1, 0.15) is 9.88 Å². The van der Waals surface area contributed by atoms with E-state index in [4.69, 9.17) is 9.73 Å². The molecule has 0 saturated carbocycles. The zero-order valence-corrected chi connectivity index (χ0v) is 20.0. The third-order valence-corrected chi connectivity index (χ3v) is 6.38. The summed E-state index contributed by atoms with van der Waals surface area (Å²) in [5, 5.41) is 7.58. The predicted octanol–water partition coefficient (Wildman–Crippen LogP) is 2.27. The molecule has 1 aromatic rings. The van der Waals surface area contributed by atoms with E-state index >= 15 is 0 Å². The Kier molecular flexibility index (Phi) is 10.5. The molecule has 2 heterocycles. The molecule has 2 N–H and O–H groups in total. The quantitative estimate of drug-likeness (QED) is 0.265. The number of nitrogens with one attached hydrogen (secondary N) is 2. The van der Waals surface area contributed by atoms with Gasteiger partial charge in [-0.2, -0.15) is 0 Å². The zero-order chi connectivity index (χ0) is 21.9. The maximum Gasteiger partial charge on any atom is 0.350 e. The number of hydrogen-bond acceptors (Lipinski definition) is 7. The Balaban J connectivity index is 1.88. The van der Waals surface area contributed by atoms with Crippen molar-refractivity contribution in [3.05, 3.63) is 15.6 Å². The predicted molar refractivity (Wildman–Crippen MR) is 124 cm³/mol. The van der Waals surface area contributed by atoms with Crippen molar-refractivity contribution in [2.24, 2.45) is 4.99 Å². The van der Waals surface area contributed by atoms with Crippen LogP contribution in [-0.4, -0.2) is 86.2 Å². The lowest BCUT2D eigenvalue weighted by Crippen LogP contribution is -2.39. The fourth-order valence-electron chi connectivity index (χ4n) is 3.38. The summed E-state index contributed by atoms with van der Waals surface area (Å²) in [6.07, 6.45) is 2.28. The fraction of sp³-hybridized carbons (Fsp3) is 0.762. The maximum atomic E-state index is 12.1. The van der Waals surface area contributed by atoms with Crippen LogP contribution in [0.25, 0.3) is 0 Å². The molecule has 1 aliphatic heterocycles. The highest BCUT2D eigenvalue weighted by molar-refractivity contribution is 7.13. The molecular weight excluding hydrogens is 400 g/mol. The molecule has 1 aromatic heterocycles. The van der Waals surface area contributed by atoms with Gasteiger partial charge < -0.3 is 25.2 Å². The average molecular weight is 439 g/mol. The van der Waals surface area contributed by atoms with Crippen LogP contribution in [0.15, 0.2) is 4.99 Å². The SMILES string of the molecule is CCNC(=NCCCN1CCCN(C)CC1)NC(C)c1nc(C)c(C(=O)OCC)s1. The lowest BCUT2D eigenvalue weighted by molar-refractivity contribution is 0.0531. The second-order valence-corrected chi connectivity index (χ2v) is 8.70. The highest BCUT2D eigenvalue weighted by Crippen LogP contribution is 2.24. The fourth-order valence-corrected chi connectivity index (χ4v) is 4.35. The zero-order valence-electron chi connectivity index (χ0n) is 19.2. The van der Waals surface area contributed by atoms with Crippen molar-refractivity contribution in [2.75, 3.05) is 59.5 Å². The first-order valence-corrected chi connectivity index (χ1v) is 11.9. The summed E-state index contributed by atoms with van der Waals surface area (Å²) in [7, 11) is 2.20. The van der Waals surface area contributed by atoms with E-state index in [-0.39, 0.29) is 12.0 Å². The molecule has 1 saturated heterocycles. The van der Waals surface area contributed by atoms with Crippen molar-refractivity contribution in [1.29, 1.82) is 0 Å². The van der Waals surface area contributed by atoms with Gasteiger partial charge in [0.05, 0.1) is 18.3 Å². The van der Waals surface area contributed by atoms with Gasteiger partial charge in [-0.1, -0.05) is 0 Å². The van der Waals surface area contributed by atoms with Crippen molar-refractivity contribution in [3.8, 4) is 0 Å². The largest absolute Gasteiger partial charge is 0.462 e. The van der Waals surface area contributed by atoms with E-state index in [2.05, 4.69) is 39.4 Å². The van der Waals surface area contributed by atoms with E-state index in [1.165, 1.54) is 30.8 Å². The van der Waals surface area contributed by atoms with Gasteiger partial charge in [0, 0.05) is 26.2 Å². The molecule has 1 fully saturated rings. The maximum absolute atomic E-state index is 12.1. The first-order valence-electron chi connectivity index (χ1n) is 11.0. The van der Waals surface area contributed by atoms with Crippen LogP contribution in [0.1, 0.15) is 60.0 Å². The van der Waals surface area contributed by atoms with Gasteiger partial charge in [-0.15, -0.1) is 11.3 Å². The highest BCUT2D eigenvalue weighted by Gasteiger charge is 2.20. The van der Waals surface area contributed by atoms with E-state index in [1.54, 1.807) is 0 Å². The molecule has 1 unspecified atom stereocenters.